The highest BCUT2D eigenvalue weighted by atomic mass is 14.9. The smallest absolute Gasteiger partial charge is 0.0467 e. The molecule has 0 aliphatic carbocycles. The second-order valence-corrected chi connectivity index (χ2v) is 16.7. The van der Waals surface area contributed by atoms with Gasteiger partial charge in [-0.15, -0.1) is 0 Å². The van der Waals surface area contributed by atoms with Crippen molar-refractivity contribution in [3.63, 3.8) is 0 Å². The average Bonchev–Trinajstić information content (AvgIpc) is 2.87. The maximum atomic E-state index is 4.02. The zero-order valence-corrected chi connectivity index (χ0v) is 29.9. The third-order valence-electron chi connectivity index (χ3n) is 8.68. The molecule has 4 aromatic carbocycles. The van der Waals surface area contributed by atoms with Gasteiger partial charge in [0.05, 0.1) is 0 Å². The lowest BCUT2D eigenvalue weighted by Gasteiger charge is -2.32. The minimum Gasteiger partial charge on any atom is -0.355 e. The Balaban J connectivity index is 1.99. The number of benzene rings is 4. The largest absolute Gasteiger partial charge is 0.355 e. The summed E-state index contributed by atoms with van der Waals surface area (Å²) in [6, 6.07) is 26.9. The van der Waals surface area contributed by atoms with E-state index in [4.69, 9.17) is 0 Å². The summed E-state index contributed by atoms with van der Waals surface area (Å²) in [4.78, 5) is 0. The van der Waals surface area contributed by atoms with Crippen LogP contribution in [0.4, 0.5) is 22.7 Å². The Kier molecular flexibility index (Phi) is 8.93. The normalized spacial score (nSPS) is 12.8. The molecule has 0 saturated carbocycles. The summed E-state index contributed by atoms with van der Waals surface area (Å²) in [5, 5.41) is 8.05. The van der Waals surface area contributed by atoms with Gasteiger partial charge in [-0.3, -0.25) is 0 Å². The number of nitrogens with one attached hydrogen (secondary N) is 2. The van der Waals surface area contributed by atoms with Gasteiger partial charge in [0.15, 0.2) is 0 Å². The first-order chi connectivity index (χ1) is 20.2. The Morgan fingerprint density at radius 1 is 0.364 bits per heavy atom. The van der Waals surface area contributed by atoms with E-state index in [1.54, 1.807) is 0 Å². The fourth-order valence-electron chi connectivity index (χ4n) is 6.35. The van der Waals surface area contributed by atoms with Crippen LogP contribution in [0.3, 0.4) is 0 Å². The molecular formula is C42H56N2. The van der Waals surface area contributed by atoms with Gasteiger partial charge in [-0.25, -0.2) is 0 Å². The predicted octanol–water partition coefficient (Wildman–Crippen LogP) is 12.6. The molecule has 234 valence electrons. The molecule has 0 heterocycles. The zero-order chi connectivity index (χ0) is 32.8. The lowest BCUT2D eigenvalue weighted by molar-refractivity contribution is 0.572. The van der Waals surface area contributed by atoms with E-state index >= 15 is 0 Å². The highest BCUT2D eigenvalue weighted by molar-refractivity contribution is 5.94. The minimum atomic E-state index is -0.0109. The second-order valence-electron chi connectivity index (χ2n) is 16.7. The van der Waals surface area contributed by atoms with E-state index in [0.717, 1.165) is 11.4 Å². The Morgan fingerprint density at radius 3 is 0.864 bits per heavy atom. The van der Waals surface area contributed by atoms with Crippen molar-refractivity contribution in [2.75, 3.05) is 10.6 Å². The predicted molar refractivity (Wildman–Crippen MR) is 196 cm³/mol. The number of rotatable bonds is 5. The summed E-state index contributed by atoms with van der Waals surface area (Å²) in [6.45, 7) is 32.1. The van der Waals surface area contributed by atoms with Gasteiger partial charge in [0.2, 0.25) is 0 Å². The Morgan fingerprint density at radius 2 is 0.614 bits per heavy atom. The number of anilines is 4. The van der Waals surface area contributed by atoms with Gasteiger partial charge in [-0.1, -0.05) is 144 Å². The van der Waals surface area contributed by atoms with Gasteiger partial charge in [-0.2, -0.15) is 0 Å². The molecule has 0 aliphatic heterocycles. The maximum absolute atomic E-state index is 4.02. The van der Waals surface area contributed by atoms with Crippen molar-refractivity contribution in [3.8, 4) is 11.1 Å². The van der Waals surface area contributed by atoms with Crippen molar-refractivity contribution in [1.29, 1.82) is 0 Å². The molecule has 2 heteroatoms. The molecule has 0 fully saturated rings. The lowest BCUT2D eigenvalue weighted by atomic mass is 9.78. The first-order valence-corrected chi connectivity index (χ1v) is 16.2. The van der Waals surface area contributed by atoms with E-state index in [9.17, 15) is 0 Å². The summed E-state index contributed by atoms with van der Waals surface area (Å²) in [7, 11) is 0. The van der Waals surface area contributed by atoms with E-state index < -0.39 is 0 Å². The third kappa shape index (κ3) is 6.90. The number of para-hydroxylation sites is 2. The Labute approximate surface area is 268 Å². The van der Waals surface area contributed by atoms with E-state index in [2.05, 4.69) is 180 Å². The monoisotopic (exact) mass is 588 g/mol. The molecule has 4 aromatic rings. The van der Waals surface area contributed by atoms with Gasteiger partial charge < -0.3 is 10.6 Å². The van der Waals surface area contributed by atoms with Crippen LogP contribution in [0.2, 0.25) is 0 Å². The summed E-state index contributed by atoms with van der Waals surface area (Å²) in [5.41, 5.74) is 14.9. The fourth-order valence-corrected chi connectivity index (χ4v) is 6.35. The van der Waals surface area contributed by atoms with Crippen molar-refractivity contribution in [2.24, 2.45) is 0 Å². The van der Waals surface area contributed by atoms with Crippen LogP contribution in [-0.2, 0) is 21.7 Å². The van der Waals surface area contributed by atoms with Crippen LogP contribution >= 0.6 is 0 Å². The Hall–Kier alpha value is -3.52. The van der Waals surface area contributed by atoms with Gasteiger partial charge in [-0.05, 0) is 81.0 Å². The number of hydrogen-bond acceptors (Lipinski definition) is 2. The van der Waals surface area contributed by atoms with E-state index in [0.29, 0.717) is 0 Å². The molecule has 0 bridgehead atoms. The summed E-state index contributed by atoms with van der Waals surface area (Å²) >= 11 is 0. The standard InChI is InChI=1S/C42H56N2/c1-27-19-15-25-33(43-37-29(39(3,4)5)21-17-22-30(37)40(6,7)8)35(27)36-28(2)20-16-26-34(36)44-38-31(41(9,10)11)23-18-24-32(38)42(12,13)14/h15-26,43-44H,1-14H3. The van der Waals surface area contributed by atoms with Crippen LogP contribution in [0, 0.1) is 13.8 Å². The molecule has 0 amide bonds. The highest BCUT2D eigenvalue weighted by Crippen LogP contribution is 2.46. The van der Waals surface area contributed by atoms with Crippen LogP contribution in [0.1, 0.15) is 116 Å². The quantitative estimate of drug-likeness (QED) is 0.242. The molecule has 4 rings (SSSR count). The molecule has 2 N–H and O–H groups in total. The van der Waals surface area contributed by atoms with Crippen LogP contribution in [0.25, 0.3) is 11.1 Å². The molecule has 0 aromatic heterocycles. The molecule has 0 spiro atoms. The van der Waals surface area contributed by atoms with E-state index in [-0.39, 0.29) is 21.7 Å². The SMILES string of the molecule is Cc1cccc(Nc2c(C(C)(C)C)cccc2C(C)(C)C)c1-c1c(C)cccc1Nc1c(C(C)(C)C)cccc1C(C)(C)C. The average molecular weight is 589 g/mol. The second kappa shape index (κ2) is 11.8. The van der Waals surface area contributed by atoms with Gasteiger partial charge in [0.25, 0.3) is 0 Å². The fraction of sp³-hybridized carbons (Fsp3) is 0.429. The minimum absolute atomic E-state index is 0.0109. The summed E-state index contributed by atoms with van der Waals surface area (Å²) in [6.07, 6.45) is 0. The number of aryl methyl sites for hydroxylation is 2. The van der Waals surface area contributed by atoms with Crippen molar-refractivity contribution < 1.29 is 0 Å². The molecule has 0 unspecified atom stereocenters. The topological polar surface area (TPSA) is 24.1 Å². The van der Waals surface area contributed by atoms with Crippen LogP contribution in [-0.4, -0.2) is 0 Å². The summed E-state index contributed by atoms with van der Waals surface area (Å²) in [5.74, 6) is 0. The van der Waals surface area contributed by atoms with Gasteiger partial charge in [0, 0.05) is 33.9 Å². The van der Waals surface area contributed by atoms with Crippen LogP contribution in [0.5, 0.6) is 0 Å². The van der Waals surface area contributed by atoms with Crippen molar-refractivity contribution in [3.05, 3.63) is 106 Å². The molecular weight excluding hydrogens is 532 g/mol. The molecule has 0 saturated heterocycles. The van der Waals surface area contributed by atoms with Crippen LogP contribution < -0.4 is 10.6 Å². The van der Waals surface area contributed by atoms with Gasteiger partial charge >= 0.3 is 0 Å². The molecule has 0 aliphatic rings. The maximum Gasteiger partial charge on any atom is 0.0467 e. The van der Waals surface area contributed by atoms with Crippen LogP contribution in [0.15, 0.2) is 72.8 Å². The van der Waals surface area contributed by atoms with E-state index in [1.807, 2.05) is 0 Å². The van der Waals surface area contributed by atoms with Crippen molar-refractivity contribution in [2.45, 2.75) is 119 Å². The van der Waals surface area contributed by atoms with Gasteiger partial charge in [0.1, 0.15) is 0 Å². The first kappa shape index (κ1) is 33.4. The Bertz CT molecular complexity index is 1450. The first-order valence-electron chi connectivity index (χ1n) is 16.2. The third-order valence-corrected chi connectivity index (χ3v) is 8.68. The molecule has 44 heavy (non-hydrogen) atoms. The zero-order valence-electron chi connectivity index (χ0n) is 29.9. The van der Waals surface area contributed by atoms with E-state index in [1.165, 1.54) is 55.9 Å². The highest BCUT2D eigenvalue weighted by Gasteiger charge is 2.28. The molecule has 0 atom stereocenters. The van der Waals surface area contributed by atoms with Crippen molar-refractivity contribution in [1.82, 2.24) is 0 Å². The lowest BCUT2D eigenvalue weighted by Crippen LogP contribution is -2.20. The molecule has 0 radical (unpaired) electrons. The number of hydrogen-bond donors (Lipinski definition) is 2. The van der Waals surface area contributed by atoms with Crippen molar-refractivity contribution >= 4 is 22.7 Å². The molecule has 2 nitrogen and oxygen atoms in total. The summed E-state index contributed by atoms with van der Waals surface area (Å²) < 4.78 is 0.